The molecule has 0 saturated carbocycles. The van der Waals surface area contributed by atoms with Gasteiger partial charge in [-0.2, -0.15) is 0 Å². The number of aromatic hydroxyl groups is 9. The highest BCUT2D eigenvalue weighted by Crippen LogP contribution is 2.53. The van der Waals surface area contributed by atoms with Gasteiger partial charge in [-0.15, -0.1) is 0 Å². The lowest BCUT2D eigenvalue weighted by molar-refractivity contribution is -0.283. The molecule has 3 aromatic rings. The van der Waals surface area contributed by atoms with Crippen LogP contribution in [0.25, 0.3) is 11.1 Å². The van der Waals surface area contributed by atoms with Gasteiger partial charge >= 0.3 is 17.9 Å². The number of phenolic OH excluding ortho intramolecular Hbond substituents is 9. The molecule has 1 fully saturated rings. The highest BCUT2D eigenvalue weighted by Gasteiger charge is 2.52. The maximum Gasteiger partial charge on any atom is 0.340 e. The summed E-state index contributed by atoms with van der Waals surface area (Å²) >= 11 is 0. The van der Waals surface area contributed by atoms with Gasteiger partial charge in [-0.1, -0.05) is 0 Å². The number of carbonyl (C=O) groups is 3. The second kappa shape index (κ2) is 11.0. The zero-order valence-corrected chi connectivity index (χ0v) is 22.2. The quantitative estimate of drug-likeness (QED) is 0.100. The fraction of sp³-hybridized carbons (Fsp3) is 0.222. The molecular formula is C27H22O18. The van der Waals surface area contributed by atoms with E-state index < -0.39 is 135 Å². The predicted octanol–water partition coefficient (Wildman–Crippen LogP) is -0.297. The Balaban J connectivity index is 1.68. The predicted molar refractivity (Wildman–Crippen MR) is 139 cm³/mol. The van der Waals surface area contributed by atoms with Gasteiger partial charge in [-0.3, -0.25) is 0 Å². The molecule has 2 aliphatic heterocycles. The number of phenols is 9. The molecule has 0 aromatic heterocycles. The van der Waals surface area contributed by atoms with Gasteiger partial charge in [0.25, 0.3) is 0 Å². The van der Waals surface area contributed by atoms with Crippen molar-refractivity contribution >= 4 is 17.9 Å². The van der Waals surface area contributed by atoms with E-state index in [-0.39, 0.29) is 0 Å². The zero-order chi connectivity index (χ0) is 33.1. The molecule has 5 rings (SSSR count). The molecule has 45 heavy (non-hydrogen) atoms. The van der Waals surface area contributed by atoms with Crippen molar-refractivity contribution in [2.45, 2.75) is 30.7 Å². The van der Waals surface area contributed by atoms with Crippen LogP contribution in [0.1, 0.15) is 31.1 Å². The van der Waals surface area contributed by atoms with Gasteiger partial charge in [-0.05, 0) is 24.3 Å². The minimum absolute atomic E-state index is 0.529. The third-order valence-corrected chi connectivity index (χ3v) is 7.01. The summed E-state index contributed by atoms with van der Waals surface area (Å²) in [6.07, 6.45) is -10.1. The van der Waals surface area contributed by atoms with E-state index in [1.165, 1.54) is 0 Å². The van der Waals surface area contributed by atoms with Crippen molar-refractivity contribution in [3.05, 3.63) is 41.0 Å². The number of ether oxygens (including phenoxy) is 4. The monoisotopic (exact) mass is 634 g/mol. The number of esters is 3. The Morgan fingerprint density at radius 3 is 1.58 bits per heavy atom. The van der Waals surface area contributed by atoms with Crippen LogP contribution in [0.3, 0.4) is 0 Å². The van der Waals surface area contributed by atoms with Gasteiger partial charge in [0.2, 0.25) is 23.9 Å². The number of fused-ring (bicyclic) bond motifs is 4. The molecule has 1 saturated heterocycles. The van der Waals surface area contributed by atoms with Crippen molar-refractivity contribution in [2.75, 3.05) is 6.61 Å². The average Bonchev–Trinajstić information content (AvgIpc) is 2.99. The first kappa shape index (κ1) is 30.6. The van der Waals surface area contributed by atoms with Crippen LogP contribution in [0.2, 0.25) is 0 Å². The maximum absolute atomic E-state index is 13.6. The van der Waals surface area contributed by atoms with E-state index in [0.717, 1.165) is 0 Å². The van der Waals surface area contributed by atoms with Crippen LogP contribution in [0.5, 0.6) is 51.7 Å². The van der Waals surface area contributed by atoms with Crippen LogP contribution < -0.4 is 0 Å². The molecule has 18 nitrogen and oxygen atoms in total. The Kier molecular flexibility index (Phi) is 7.49. The van der Waals surface area contributed by atoms with Crippen molar-refractivity contribution in [3.63, 3.8) is 0 Å². The van der Waals surface area contributed by atoms with E-state index in [4.69, 9.17) is 18.9 Å². The average molecular weight is 634 g/mol. The minimum Gasteiger partial charge on any atom is -0.504 e. The summed E-state index contributed by atoms with van der Waals surface area (Å²) in [5.41, 5.74) is -4.17. The smallest absolute Gasteiger partial charge is 0.340 e. The zero-order valence-electron chi connectivity index (χ0n) is 22.2. The second-order valence-corrected chi connectivity index (χ2v) is 9.76. The molecule has 238 valence electrons. The fourth-order valence-corrected chi connectivity index (χ4v) is 4.78. The molecule has 2 aliphatic rings. The number of aliphatic hydroxyl groups is 2. The van der Waals surface area contributed by atoms with Gasteiger partial charge in [0.1, 0.15) is 12.2 Å². The van der Waals surface area contributed by atoms with E-state index in [0.29, 0.717) is 24.3 Å². The largest absolute Gasteiger partial charge is 0.504 e. The molecule has 0 aliphatic carbocycles. The normalized spacial score (nSPS) is 22.7. The van der Waals surface area contributed by atoms with Crippen molar-refractivity contribution in [1.82, 2.24) is 0 Å². The molecule has 0 radical (unpaired) electrons. The Morgan fingerprint density at radius 1 is 0.667 bits per heavy atom. The van der Waals surface area contributed by atoms with Gasteiger partial charge in [0.15, 0.2) is 46.4 Å². The molecule has 0 bridgehead atoms. The van der Waals surface area contributed by atoms with E-state index in [2.05, 4.69) is 0 Å². The number of aliphatic hydroxyl groups excluding tert-OH is 2. The lowest BCUT2D eigenvalue weighted by Crippen LogP contribution is -2.62. The Labute approximate surface area is 248 Å². The van der Waals surface area contributed by atoms with E-state index in [9.17, 15) is 70.6 Å². The second-order valence-electron chi connectivity index (χ2n) is 9.76. The molecule has 5 atom stereocenters. The van der Waals surface area contributed by atoms with Crippen molar-refractivity contribution in [1.29, 1.82) is 0 Å². The molecule has 0 amide bonds. The standard InChI is InChI=1S/C27H22O18/c28-5-13-19(36)22-23(27(42-13)45-24(39)6-1-9(29)16(33)10(30)2-6)44-26(41)8-4-12(32)18(35)21(38)15(8)14-7(25(40)43-22)3-11(31)17(34)20(14)37/h1-4,13,19,22-23,27-38H,5H2/t13-,19-,22+,23+,27+/m1/s1. The molecule has 2 heterocycles. The molecule has 11 N–H and O–H groups in total. The lowest BCUT2D eigenvalue weighted by atomic mass is 9.91. The van der Waals surface area contributed by atoms with Gasteiger partial charge < -0.3 is 75.1 Å². The summed E-state index contributed by atoms with van der Waals surface area (Å²) in [6, 6.07) is 2.42. The summed E-state index contributed by atoms with van der Waals surface area (Å²) in [6.45, 7) is -0.999. The van der Waals surface area contributed by atoms with Crippen LogP contribution in [0, 0.1) is 0 Å². The molecule has 18 heteroatoms. The summed E-state index contributed by atoms with van der Waals surface area (Å²) in [7, 11) is 0. The van der Waals surface area contributed by atoms with Crippen molar-refractivity contribution in [2.24, 2.45) is 0 Å². The Hall–Kier alpha value is -5.85. The van der Waals surface area contributed by atoms with E-state index in [1.54, 1.807) is 0 Å². The third kappa shape index (κ3) is 4.97. The number of hydrogen-bond donors (Lipinski definition) is 11. The number of rotatable bonds is 3. The van der Waals surface area contributed by atoms with Crippen LogP contribution in [0.4, 0.5) is 0 Å². The minimum atomic E-state index is -2.15. The van der Waals surface area contributed by atoms with Crippen LogP contribution in [-0.2, 0) is 18.9 Å². The first-order chi connectivity index (χ1) is 21.2. The lowest BCUT2D eigenvalue weighted by Gasteiger charge is -2.42. The summed E-state index contributed by atoms with van der Waals surface area (Å²) in [5, 5.41) is 112. The number of carbonyl (C=O) groups excluding carboxylic acids is 3. The molecule has 3 aromatic carbocycles. The third-order valence-electron chi connectivity index (χ3n) is 7.01. The summed E-state index contributed by atoms with van der Waals surface area (Å²) < 4.78 is 21.3. The molecule has 0 unspecified atom stereocenters. The van der Waals surface area contributed by atoms with Gasteiger partial charge in [0.05, 0.1) is 23.3 Å². The van der Waals surface area contributed by atoms with E-state index in [1.807, 2.05) is 0 Å². The van der Waals surface area contributed by atoms with Crippen molar-refractivity contribution < 1.29 is 89.5 Å². The van der Waals surface area contributed by atoms with Gasteiger partial charge in [-0.25, -0.2) is 14.4 Å². The van der Waals surface area contributed by atoms with Crippen LogP contribution in [0.15, 0.2) is 24.3 Å². The maximum atomic E-state index is 13.6. The topological polar surface area (TPSA) is 311 Å². The van der Waals surface area contributed by atoms with E-state index >= 15 is 0 Å². The highest BCUT2D eigenvalue weighted by atomic mass is 16.7. The molecular weight excluding hydrogens is 612 g/mol. The Morgan fingerprint density at radius 2 is 1.11 bits per heavy atom. The first-order valence-electron chi connectivity index (χ1n) is 12.5. The van der Waals surface area contributed by atoms with Crippen molar-refractivity contribution in [3.8, 4) is 62.9 Å². The number of benzene rings is 3. The van der Waals surface area contributed by atoms with Crippen LogP contribution in [-0.4, -0.2) is 111 Å². The SMILES string of the molecule is O=C(O[C@@H]1O[C@H](CO)[C@@H](O)[C@@H]2OC(=O)c3cc(O)c(O)c(O)c3-c3c(cc(O)c(O)c3O)C(=O)O[C@H]12)c1cc(O)c(O)c(O)c1. The molecule has 0 spiro atoms. The summed E-state index contributed by atoms with van der Waals surface area (Å²) in [4.78, 5) is 40.0. The Bertz CT molecular complexity index is 1730. The van der Waals surface area contributed by atoms with Gasteiger partial charge in [0, 0.05) is 11.1 Å². The summed E-state index contributed by atoms with van der Waals surface area (Å²) in [5.74, 6) is -14.7. The first-order valence-corrected chi connectivity index (χ1v) is 12.5. The highest BCUT2D eigenvalue weighted by molar-refractivity contribution is 6.08. The fourth-order valence-electron chi connectivity index (χ4n) is 4.78. The number of hydrogen-bond acceptors (Lipinski definition) is 18. The van der Waals surface area contributed by atoms with Crippen LogP contribution >= 0.6 is 0 Å².